The Morgan fingerprint density at radius 2 is 1.48 bits per heavy atom. The van der Waals surface area contributed by atoms with Gasteiger partial charge in [0.15, 0.2) is 5.75 Å². The molecule has 0 saturated heterocycles. The number of nitrogens with zero attached hydrogens (tertiary/aromatic N) is 2. The van der Waals surface area contributed by atoms with E-state index in [-0.39, 0.29) is 11.5 Å². The van der Waals surface area contributed by atoms with Crippen LogP contribution in [-0.2, 0) is 0 Å². The monoisotopic (exact) mass is 306 g/mol. The van der Waals surface area contributed by atoms with E-state index in [1.54, 1.807) is 12.1 Å². The predicted octanol–water partition coefficient (Wildman–Crippen LogP) is 5.59. The van der Waals surface area contributed by atoms with E-state index in [0.717, 1.165) is 27.5 Å². The fraction of sp³-hybridized carbons (Fsp3) is 0.158. The zero-order valence-corrected chi connectivity index (χ0v) is 13.3. The third-order valence-electron chi connectivity index (χ3n) is 3.82. The molecule has 3 rings (SSSR count). The average Bonchev–Trinajstić information content (AvgIpc) is 2.48. The highest BCUT2D eigenvalue weighted by molar-refractivity contribution is 5.94. The van der Waals surface area contributed by atoms with E-state index in [2.05, 4.69) is 10.2 Å². The summed E-state index contributed by atoms with van der Waals surface area (Å²) < 4.78 is 0. The van der Waals surface area contributed by atoms with Gasteiger partial charge in [-0.1, -0.05) is 29.8 Å². The van der Waals surface area contributed by atoms with Gasteiger partial charge in [0.05, 0.1) is 0 Å². The minimum absolute atomic E-state index is 0.0716. The summed E-state index contributed by atoms with van der Waals surface area (Å²) in [7, 11) is 0. The van der Waals surface area contributed by atoms with Crippen molar-refractivity contribution in [3.8, 4) is 11.5 Å². The molecule has 23 heavy (non-hydrogen) atoms. The molecule has 2 N–H and O–H groups in total. The molecule has 0 aliphatic carbocycles. The summed E-state index contributed by atoms with van der Waals surface area (Å²) in [6.45, 7) is 5.78. The minimum atomic E-state index is 0.0716. The fourth-order valence-electron chi connectivity index (χ4n) is 2.58. The summed E-state index contributed by atoms with van der Waals surface area (Å²) in [5, 5.41) is 30.3. The molecule has 0 saturated carbocycles. The van der Waals surface area contributed by atoms with E-state index >= 15 is 0 Å². The number of aryl methyl sites for hydroxylation is 3. The highest BCUT2D eigenvalue weighted by Gasteiger charge is 2.10. The first-order valence-electron chi connectivity index (χ1n) is 7.40. The number of benzene rings is 3. The summed E-state index contributed by atoms with van der Waals surface area (Å²) in [6.07, 6.45) is 0. The zero-order valence-electron chi connectivity index (χ0n) is 13.3. The van der Waals surface area contributed by atoms with E-state index in [9.17, 15) is 10.2 Å². The van der Waals surface area contributed by atoms with Gasteiger partial charge < -0.3 is 10.2 Å². The molecule has 3 aromatic rings. The second-order valence-corrected chi connectivity index (χ2v) is 5.81. The number of aromatic hydroxyl groups is 2. The summed E-state index contributed by atoms with van der Waals surface area (Å²) in [5.41, 5.74) is 3.70. The largest absolute Gasteiger partial charge is 0.506 e. The van der Waals surface area contributed by atoms with Crippen molar-refractivity contribution in [3.63, 3.8) is 0 Å². The second kappa shape index (κ2) is 5.72. The number of azo groups is 1. The van der Waals surface area contributed by atoms with Gasteiger partial charge >= 0.3 is 0 Å². The van der Waals surface area contributed by atoms with Crippen molar-refractivity contribution in [3.05, 3.63) is 59.2 Å². The van der Waals surface area contributed by atoms with Gasteiger partial charge in [-0.25, -0.2) is 0 Å². The highest BCUT2D eigenvalue weighted by atomic mass is 16.3. The quantitative estimate of drug-likeness (QED) is 0.606. The lowest BCUT2D eigenvalue weighted by Crippen LogP contribution is -1.82. The molecule has 0 aromatic heterocycles. The van der Waals surface area contributed by atoms with Gasteiger partial charge in [-0.05, 0) is 55.5 Å². The lowest BCUT2D eigenvalue weighted by molar-refractivity contribution is 0.475. The molecule has 0 bridgehead atoms. The van der Waals surface area contributed by atoms with Crippen LogP contribution in [0.4, 0.5) is 11.4 Å². The zero-order chi connectivity index (χ0) is 16.6. The Bertz CT molecular complexity index is 930. The van der Waals surface area contributed by atoms with Gasteiger partial charge in [0, 0.05) is 5.39 Å². The number of fused-ring (bicyclic) bond motifs is 1. The van der Waals surface area contributed by atoms with E-state index in [1.165, 1.54) is 0 Å². The van der Waals surface area contributed by atoms with Gasteiger partial charge in [-0.15, -0.1) is 10.2 Å². The van der Waals surface area contributed by atoms with E-state index in [0.29, 0.717) is 11.4 Å². The molecule has 0 aliphatic heterocycles. The van der Waals surface area contributed by atoms with Crippen LogP contribution in [0.1, 0.15) is 16.7 Å². The van der Waals surface area contributed by atoms with Crippen molar-refractivity contribution in [2.45, 2.75) is 20.8 Å². The number of hydrogen-bond donors (Lipinski definition) is 2. The van der Waals surface area contributed by atoms with E-state index < -0.39 is 0 Å². The van der Waals surface area contributed by atoms with Gasteiger partial charge in [-0.2, -0.15) is 0 Å². The standard InChI is InChI=1S/C19H18N2O2/c1-11-4-6-15-14(8-11)10-13(3)18(19(15)23)21-20-16-7-5-12(2)9-17(16)22/h4-10,22-23H,1-3H3. The van der Waals surface area contributed by atoms with Gasteiger partial charge in [-0.3, -0.25) is 0 Å². The van der Waals surface area contributed by atoms with Crippen LogP contribution < -0.4 is 0 Å². The molecule has 3 aromatic carbocycles. The topological polar surface area (TPSA) is 65.2 Å². The molecule has 0 spiro atoms. The third kappa shape index (κ3) is 2.88. The molecule has 4 heteroatoms. The highest BCUT2D eigenvalue weighted by Crippen LogP contribution is 2.39. The number of phenolic OH excluding ortho intramolecular Hbond substituents is 2. The number of phenols is 2. The lowest BCUT2D eigenvalue weighted by Gasteiger charge is -2.08. The molecule has 0 heterocycles. The summed E-state index contributed by atoms with van der Waals surface area (Å²) in [6, 6.07) is 13.0. The molecule has 0 aliphatic rings. The Labute approximate surface area is 134 Å². The molecular weight excluding hydrogens is 288 g/mol. The Hall–Kier alpha value is -2.88. The first kappa shape index (κ1) is 15.0. The van der Waals surface area contributed by atoms with Gasteiger partial charge in [0.2, 0.25) is 0 Å². The fourth-order valence-corrected chi connectivity index (χ4v) is 2.58. The van der Waals surface area contributed by atoms with Crippen LogP contribution in [0.2, 0.25) is 0 Å². The predicted molar refractivity (Wildman–Crippen MR) is 92.1 cm³/mol. The average molecular weight is 306 g/mol. The molecule has 0 radical (unpaired) electrons. The summed E-state index contributed by atoms with van der Waals surface area (Å²) >= 11 is 0. The van der Waals surface area contributed by atoms with E-state index in [1.807, 2.05) is 51.1 Å². The smallest absolute Gasteiger partial charge is 0.151 e. The summed E-state index contributed by atoms with van der Waals surface area (Å²) in [4.78, 5) is 0. The van der Waals surface area contributed by atoms with Crippen molar-refractivity contribution < 1.29 is 10.2 Å². The van der Waals surface area contributed by atoms with E-state index in [4.69, 9.17) is 0 Å². The van der Waals surface area contributed by atoms with Gasteiger partial charge in [0.1, 0.15) is 17.1 Å². The molecule has 0 unspecified atom stereocenters. The van der Waals surface area contributed by atoms with Crippen molar-refractivity contribution >= 4 is 22.1 Å². The van der Waals surface area contributed by atoms with Gasteiger partial charge in [0.25, 0.3) is 0 Å². The molecule has 116 valence electrons. The maximum atomic E-state index is 10.5. The lowest BCUT2D eigenvalue weighted by atomic mass is 10.0. The first-order chi connectivity index (χ1) is 11.0. The number of hydrogen-bond acceptors (Lipinski definition) is 4. The normalized spacial score (nSPS) is 11.4. The van der Waals surface area contributed by atoms with Crippen LogP contribution in [0.25, 0.3) is 10.8 Å². The van der Waals surface area contributed by atoms with Crippen molar-refractivity contribution in [1.29, 1.82) is 0 Å². The van der Waals surface area contributed by atoms with Crippen LogP contribution in [0.5, 0.6) is 11.5 Å². The van der Waals surface area contributed by atoms with Crippen molar-refractivity contribution in [2.24, 2.45) is 10.2 Å². The van der Waals surface area contributed by atoms with Crippen molar-refractivity contribution in [2.75, 3.05) is 0 Å². The third-order valence-corrected chi connectivity index (χ3v) is 3.82. The van der Waals surface area contributed by atoms with Crippen LogP contribution in [0.3, 0.4) is 0 Å². The Morgan fingerprint density at radius 1 is 0.783 bits per heavy atom. The van der Waals surface area contributed by atoms with Crippen molar-refractivity contribution in [1.82, 2.24) is 0 Å². The molecule has 0 atom stereocenters. The maximum absolute atomic E-state index is 10.5. The number of rotatable bonds is 2. The Kier molecular flexibility index (Phi) is 3.74. The molecular formula is C19H18N2O2. The molecule has 4 nitrogen and oxygen atoms in total. The Morgan fingerprint density at radius 3 is 2.22 bits per heavy atom. The minimum Gasteiger partial charge on any atom is -0.506 e. The van der Waals surface area contributed by atoms with Crippen LogP contribution in [0.15, 0.2) is 52.7 Å². The summed E-state index contributed by atoms with van der Waals surface area (Å²) in [5.74, 6) is 0.178. The first-order valence-corrected chi connectivity index (χ1v) is 7.40. The Balaban J connectivity index is 2.09. The second-order valence-electron chi connectivity index (χ2n) is 5.81. The van der Waals surface area contributed by atoms with Crippen LogP contribution in [-0.4, -0.2) is 10.2 Å². The van der Waals surface area contributed by atoms with Crippen LogP contribution in [0, 0.1) is 20.8 Å². The molecule has 0 amide bonds. The SMILES string of the molecule is Cc1ccc(N=Nc2c(C)cc3cc(C)ccc3c2O)c(O)c1. The molecule has 0 fully saturated rings. The maximum Gasteiger partial charge on any atom is 0.151 e. The van der Waals surface area contributed by atoms with Crippen LogP contribution >= 0.6 is 0 Å².